The van der Waals surface area contributed by atoms with Gasteiger partial charge < -0.3 is 0 Å². The molecule has 2 rings (SSSR count). The molecule has 0 atom stereocenters. The zero-order valence-electron chi connectivity index (χ0n) is 7.31. The van der Waals surface area contributed by atoms with E-state index in [1.54, 1.807) is 11.2 Å². The van der Waals surface area contributed by atoms with Crippen LogP contribution in [0.1, 0.15) is 5.56 Å². The molecule has 0 aromatic heterocycles. The molecule has 0 aliphatic carbocycles. The van der Waals surface area contributed by atoms with E-state index in [1.807, 2.05) is 31.2 Å². The van der Waals surface area contributed by atoms with Crippen molar-refractivity contribution in [3.05, 3.63) is 42.2 Å². The first kappa shape index (κ1) is 8.10. The zero-order chi connectivity index (χ0) is 9.26. The number of aryl methyl sites for hydroxylation is 1. The Morgan fingerprint density at radius 1 is 1.15 bits per heavy atom. The van der Waals surface area contributed by atoms with Crippen LogP contribution in [-0.2, 0) is 0 Å². The Labute approximate surface area is 76.6 Å². The Hall–Kier alpha value is -1.52. The summed E-state index contributed by atoms with van der Waals surface area (Å²) in [5.41, 5.74) is 4.90. The van der Waals surface area contributed by atoms with Crippen molar-refractivity contribution in [1.82, 2.24) is 10.7 Å². The Kier molecular flexibility index (Phi) is 1.92. The van der Waals surface area contributed by atoms with Crippen LogP contribution in [0.5, 0.6) is 0 Å². The lowest BCUT2D eigenvalue weighted by atomic mass is 10.2. The standard InChI is InChI=1S/C9H11N3O/c1-8-2-4-9(5-3-8)11-6-7-12(13)10-11/h2-7,10,13H,1H3. The van der Waals surface area contributed by atoms with Crippen LogP contribution in [0.3, 0.4) is 0 Å². The molecular formula is C9H11N3O. The molecule has 1 aromatic carbocycles. The molecule has 1 aliphatic heterocycles. The number of nitrogens with one attached hydrogen (secondary N) is 1. The first-order valence-corrected chi connectivity index (χ1v) is 4.04. The molecule has 68 valence electrons. The summed E-state index contributed by atoms with van der Waals surface area (Å²) in [4.78, 5) is 0. The van der Waals surface area contributed by atoms with E-state index < -0.39 is 0 Å². The maximum absolute atomic E-state index is 9.01. The second kappa shape index (κ2) is 3.08. The second-order valence-corrected chi connectivity index (χ2v) is 2.95. The SMILES string of the molecule is Cc1ccc(N2C=CN(O)N2)cc1. The van der Waals surface area contributed by atoms with Gasteiger partial charge in [-0.1, -0.05) is 17.7 Å². The second-order valence-electron chi connectivity index (χ2n) is 2.95. The third-order valence-corrected chi connectivity index (χ3v) is 1.88. The van der Waals surface area contributed by atoms with Crippen molar-refractivity contribution in [2.75, 3.05) is 5.01 Å². The van der Waals surface area contributed by atoms with Gasteiger partial charge in [0.05, 0.1) is 11.9 Å². The van der Waals surface area contributed by atoms with E-state index in [4.69, 9.17) is 5.21 Å². The van der Waals surface area contributed by atoms with Gasteiger partial charge in [-0.25, -0.2) is 0 Å². The number of anilines is 1. The number of hydrazine groups is 2. The minimum atomic E-state index is 0.903. The predicted molar refractivity (Wildman–Crippen MR) is 49.6 cm³/mol. The molecule has 0 spiro atoms. The van der Waals surface area contributed by atoms with Crippen molar-refractivity contribution in [2.45, 2.75) is 6.92 Å². The molecule has 1 heterocycles. The summed E-state index contributed by atoms with van der Waals surface area (Å²) in [7, 11) is 0. The van der Waals surface area contributed by atoms with Crippen molar-refractivity contribution in [1.29, 1.82) is 0 Å². The number of rotatable bonds is 1. The molecule has 0 saturated carbocycles. The van der Waals surface area contributed by atoms with Crippen LogP contribution in [0.2, 0.25) is 0 Å². The first-order chi connectivity index (χ1) is 6.25. The quantitative estimate of drug-likeness (QED) is 0.680. The average molecular weight is 177 g/mol. The van der Waals surface area contributed by atoms with Crippen molar-refractivity contribution in [3.63, 3.8) is 0 Å². The zero-order valence-corrected chi connectivity index (χ0v) is 7.31. The molecule has 1 aliphatic rings. The predicted octanol–water partition coefficient (Wildman–Crippen LogP) is 1.40. The van der Waals surface area contributed by atoms with E-state index >= 15 is 0 Å². The van der Waals surface area contributed by atoms with Crippen LogP contribution in [-0.4, -0.2) is 10.4 Å². The highest BCUT2D eigenvalue weighted by Gasteiger charge is 2.09. The van der Waals surface area contributed by atoms with Gasteiger partial charge in [0.1, 0.15) is 0 Å². The highest BCUT2D eigenvalue weighted by molar-refractivity contribution is 5.49. The summed E-state index contributed by atoms with van der Waals surface area (Å²) in [5.74, 6) is 0. The summed E-state index contributed by atoms with van der Waals surface area (Å²) >= 11 is 0. The van der Waals surface area contributed by atoms with E-state index in [0.29, 0.717) is 0 Å². The molecule has 1 aromatic rings. The first-order valence-electron chi connectivity index (χ1n) is 4.04. The van der Waals surface area contributed by atoms with Gasteiger partial charge in [0.2, 0.25) is 0 Å². The molecule has 4 nitrogen and oxygen atoms in total. The van der Waals surface area contributed by atoms with Gasteiger partial charge in [-0.3, -0.25) is 10.2 Å². The van der Waals surface area contributed by atoms with Gasteiger partial charge in [-0.05, 0) is 19.1 Å². The average Bonchev–Trinajstić information content (AvgIpc) is 2.53. The van der Waals surface area contributed by atoms with Crippen LogP contribution in [0, 0.1) is 6.92 Å². The Morgan fingerprint density at radius 2 is 1.85 bits per heavy atom. The van der Waals surface area contributed by atoms with Crippen LogP contribution in [0.25, 0.3) is 0 Å². The number of hydrogen-bond donors (Lipinski definition) is 2. The number of nitrogens with zero attached hydrogens (tertiary/aromatic N) is 2. The Balaban J connectivity index is 2.18. The smallest absolute Gasteiger partial charge is 0.0657 e. The van der Waals surface area contributed by atoms with Crippen molar-refractivity contribution in [3.8, 4) is 0 Å². The molecule has 0 radical (unpaired) electrons. The van der Waals surface area contributed by atoms with E-state index in [2.05, 4.69) is 5.53 Å². The highest BCUT2D eigenvalue weighted by Crippen LogP contribution is 2.15. The molecule has 13 heavy (non-hydrogen) atoms. The fraction of sp³-hybridized carbons (Fsp3) is 0.111. The molecule has 0 saturated heterocycles. The van der Waals surface area contributed by atoms with Gasteiger partial charge >= 0.3 is 0 Å². The van der Waals surface area contributed by atoms with Gasteiger partial charge in [0, 0.05) is 6.20 Å². The summed E-state index contributed by atoms with van der Waals surface area (Å²) in [6.45, 7) is 2.04. The molecule has 0 unspecified atom stereocenters. The molecule has 2 N–H and O–H groups in total. The topological polar surface area (TPSA) is 38.7 Å². The Morgan fingerprint density at radius 3 is 2.38 bits per heavy atom. The molecule has 0 bridgehead atoms. The molecule has 0 amide bonds. The normalized spacial score (nSPS) is 15.5. The van der Waals surface area contributed by atoms with E-state index in [0.717, 1.165) is 10.9 Å². The van der Waals surface area contributed by atoms with Crippen LogP contribution in [0.15, 0.2) is 36.7 Å². The highest BCUT2D eigenvalue weighted by atomic mass is 16.6. The van der Waals surface area contributed by atoms with Crippen molar-refractivity contribution in [2.24, 2.45) is 0 Å². The summed E-state index contributed by atoms with van der Waals surface area (Å²) in [6, 6.07) is 7.99. The Bertz CT molecular complexity index is 320. The van der Waals surface area contributed by atoms with E-state index in [-0.39, 0.29) is 0 Å². The number of benzene rings is 1. The van der Waals surface area contributed by atoms with E-state index in [9.17, 15) is 0 Å². The minimum absolute atomic E-state index is 0.903. The minimum Gasteiger partial charge on any atom is -0.272 e. The maximum Gasteiger partial charge on any atom is 0.0657 e. The lowest BCUT2D eigenvalue weighted by Crippen LogP contribution is -2.37. The van der Waals surface area contributed by atoms with Crippen molar-refractivity contribution < 1.29 is 5.21 Å². The molecule has 4 heteroatoms. The van der Waals surface area contributed by atoms with Gasteiger partial charge in [0.15, 0.2) is 0 Å². The van der Waals surface area contributed by atoms with Crippen molar-refractivity contribution >= 4 is 5.69 Å². The fourth-order valence-electron chi connectivity index (χ4n) is 1.16. The molecule has 0 fully saturated rings. The summed E-state index contributed by atoms with van der Waals surface area (Å²) in [5, 5.41) is 11.6. The fourth-order valence-corrected chi connectivity index (χ4v) is 1.16. The lowest BCUT2D eigenvalue weighted by molar-refractivity contribution is -0.0791. The molecular weight excluding hydrogens is 166 g/mol. The van der Waals surface area contributed by atoms with Crippen LogP contribution >= 0.6 is 0 Å². The van der Waals surface area contributed by atoms with E-state index in [1.165, 1.54) is 11.8 Å². The third-order valence-electron chi connectivity index (χ3n) is 1.88. The summed E-state index contributed by atoms with van der Waals surface area (Å²) < 4.78 is 0. The maximum atomic E-state index is 9.01. The largest absolute Gasteiger partial charge is 0.272 e. The lowest BCUT2D eigenvalue weighted by Gasteiger charge is -2.17. The monoisotopic (exact) mass is 177 g/mol. The van der Waals surface area contributed by atoms with Gasteiger partial charge in [-0.2, -0.15) is 5.17 Å². The number of hydrogen-bond acceptors (Lipinski definition) is 4. The van der Waals surface area contributed by atoms with Crippen LogP contribution in [0.4, 0.5) is 5.69 Å². The van der Waals surface area contributed by atoms with Gasteiger partial charge in [0.25, 0.3) is 0 Å². The number of hydroxylamine groups is 1. The summed E-state index contributed by atoms with van der Waals surface area (Å²) in [6.07, 6.45) is 3.27. The van der Waals surface area contributed by atoms with Crippen LogP contribution < -0.4 is 10.5 Å². The van der Waals surface area contributed by atoms with Gasteiger partial charge in [-0.15, -0.1) is 5.53 Å². The third kappa shape index (κ3) is 1.63.